The fraction of sp³-hybridized carbons (Fsp3) is 0.364. The summed E-state index contributed by atoms with van der Waals surface area (Å²) in [7, 11) is 2.93. The lowest BCUT2D eigenvalue weighted by Crippen LogP contribution is -2.59. The number of hydrogen-bond acceptors (Lipinski definition) is 7. The third kappa shape index (κ3) is 5.28. The Morgan fingerprint density at radius 1 is 1.26 bits per heavy atom. The molecule has 34 heavy (non-hydrogen) atoms. The van der Waals surface area contributed by atoms with Crippen LogP contribution in [0.25, 0.3) is 0 Å². The van der Waals surface area contributed by atoms with Crippen LogP contribution in [-0.2, 0) is 31.8 Å². The maximum Gasteiger partial charge on any atom is 0.433 e. The Morgan fingerprint density at radius 2 is 2.03 bits per heavy atom. The van der Waals surface area contributed by atoms with Crippen molar-refractivity contribution in [1.82, 2.24) is 20.9 Å². The molecule has 2 aliphatic rings. The highest BCUT2D eigenvalue weighted by atomic mass is 19.4. The number of allylic oxidation sites excluding steroid dienone is 4. The van der Waals surface area contributed by atoms with Crippen molar-refractivity contribution in [1.29, 1.82) is 5.41 Å². The van der Waals surface area contributed by atoms with Gasteiger partial charge >= 0.3 is 6.18 Å². The van der Waals surface area contributed by atoms with Crippen molar-refractivity contribution < 1.29 is 32.2 Å². The first kappa shape index (κ1) is 25.0. The minimum absolute atomic E-state index is 0.00105. The van der Waals surface area contributed by atoms with E-state index in [1.807, 2.05) is 0 Å². The van der Waals surface area contributed by atoms with Crippen molar-refractivity contribution in [2.75, 3.05) is 27.3 Å². The Hall–Kier alpha value is -3.67. The zero-order chi connectivity index (χ0) is 24.9. The van der Waals surface area contributed by atoms with Gasteiger partial charge in [-0.1, -0.05) is 6.07 Å². The first-order chi connectivity index (χ1) is 16.1. The Morgan fingerprint density at radius 3 is 2.65 bits per heavy atom. The van der Waals surface area contributed by atoms with Crippen molar-refractivity contribution in [3.63, 3.8) is 0 Å². The molecule has 2 amide bonds. The molecule has 2 heterocycles. The van der Waals surface area contributed by atoms with Crippen LogP contribution < -0.4 is 16.0 Å². The van der Waals surface area contributed by atoms with Crippen molar-refractivity contribution in [3.05, 3.63) is 64.8 Å². The minimum Gasteiger partial charge on any atom is -0.489 e. The van der Waals surface area contributed by atoms with Gasteiger partial charge < -0.3 is 30.8 Å². The van der Waals surface area contributed by atoms with Gasteiger partial charge in [0.15, 0.2) is 5.69 Å². The molecule has 4 N–H and O–H groups in total. The Kier molecular flexibility index (Phi) is 7.40. The number of aromatic nitrogens is 1. The van der Waals surface area contributed by atoms with E-state index in [0.717, 1.165) is 6.20 Å². The number of carbonyl (C=O) groups excluding carboxylic acids is 2. The number of alkyl halides is 3. The second-order valence-electron chi connectivity index (χ2n) is 7.55. The zero-order valence-electron chi connectivity index (χ0n) is 18.5. The lowest BCUT2D eigenvalue weighted by molar-refractivity contribution is -0.142. The van der Waals surface area contributed by atoms with E-state index in [0.29, 0.717) is 6.61 Å². The maximum atomic E-state index is 13.2. The van der Waals surface area contributed by atoms with E-state index < -0.39 is 35.8 Å². The molecule has 1 aliphatic heterocycles. The standard InChI is InChI=1S/C22H24F3N5O4/c1-27-17(19(31)30-21(20(32)28-2)7-9-33-12-21)15-10-14(5-6-16(15)26)34-11-13-4-3-8-29-18(13)22(23,24)25/h3-6,8,10,26-27H,7,9,11-12H2,1-2H3,(H,28,32)(H,30,31)/b17-15-,26-16?. The Balaban J connectivity index is 1.84. The first-order valence-corrected chi connectivity index (χ1v) is 10.3. The number of halogens is 3. The third-order valence-corrected chi connectivity index (χ3v) is 5.33. The van der Waals surface area contributed by atoms with Crippen LogP contribution in [0, 0.1) is 5.41 Å². The molecular weight excluding hydrogens is 455 g/mol. The molecule has 0 spiro atoms. The van der Waals surface area contributed by atoms with Crippen LogP contribution in [0.3, 0.4) is 0 Å². The molecule has 9 nitrogen and oxygen atoms in total. The number of likely N-dealkylation sites (N-methyl/N-ethyl adjacent to an activating group) is 2. The molecule has 1 saturated heterocycles. The van der Waals surface area contributed by atoms with Gasteiger partial charge in [0, 0.05) is 44.5 Å². The van der Waals surface area contributed by atoms with Gasteiger partial charge in [-0.25, -0.2) is 0 Å². The quantitative estimate of drug-likeness (QED) is 0.440. The summed E-state index contributed by atoms with van der Waals surface area (Å²) in [5.41, 5.74) is -2.35. The molecule has 1 aromatic rings. The molecule has 1 aliphatic carbocycles. The highest BCUT2D eigenvalue weighted by Gasteiger charge is 2.44. The van der Waals surface area contributed by atoms with Gasteiger partial charge in [-0.3, -0.25) is 14.6 Å². The van der Waals surface area contributed by atoms with Crippen LogP contribution in [0.5, 0.6) is 0 Å². The van der Waals surface area contributed by atoms with Crippen LogP contribution >= 0.6 is 0 Å². The van der Waals surface area contributed by atoms with Gasteiger partial charge in [0.1, 0.15) is 23.6 Å². The molecule has 0 bridgehead atoms. The van der Waals surface area contributed by atoms with Gasteiger partial charge in [0.25, 0.3) is 5.91 Å². The molecule has 0 aromatic carbocycles. The molecule has 3 rings (SSSR count). The summed E-state index contributed by atoms with van der Waals surface area (Å²) in [6.07, 6.45) is 0.834. The highest BCUT2D eigenvalue weighted by molar-refractivity contribution is 6.15. The topological polar surface area (TPSA) is 125 Å². The number of nitrogens with zero attached hydrogens (tertiary/aromatic N) is 1. The SMILES string of the molecule is CNC(=O)C1(NC(=O)/C(NC)=C2\C=C(OCc3cccnc3C(F)(F)F)C=CC2=N)CCOC1. The first-order valence-electron chi connectivity index (χ1n) is 10.3. The Labute approximate surface area is 193 Å². The summed E-state index contributed by atoms with van der Waals surface area (Å²) in [5.74, 6) is -0.906. The monoisotopic (exact) mass is 479 g/mol. The molecule has 1 fully saturated rings. The van der Waals surface area contributed by atoms with E-state index in [1.165, 1.54) is 44.5 Å². The van der Waals surface area contributed by atoms with E-state index in [-0.39, 0.29) is 41.3 Å². The summed E-state index contributed by atoms with van der Waals surface area (Å²) in [6, 6.07) is 2.63. The highest BCUT2D eigenvalue weighted by Crippen LogP contribution is 2.31. The average Bonchev–Trinajstić information content (AvgIpc) is 3.28. The van der Waals surface area contributed by atoms with E-state index in [9.17, 15) is 22.8 Å². The van der Waals surface area contributed by atoms with Crippen molar-refractivity contribution in [2.24, 2.45) is 0 Å². The summed E-state index contributed by atoms with van der Waals surface area (Å²) >= 11 is 0. The summed E-state index contributed by atoms with van der Waals surface area (Å²) in [5, 5.41) is 16.1. The maximum absolute atomic E-state index is 13.2. The molecule has 1 aromatic heterocycles. The molecule has 0 saturated carbocycles. The van der Waals surface area contributed by atoms with Gasteiger partial charge in [0.2, 0.25) is 5.91 Å². The second-order valence-corrected chi connectivity index (χ2v) is 7.55. The summed E-state index contributed by atoms with van der Waals surface area (Å²) in [4.78, 5) is 28.8. The molecular formula is C22H24F3N5O4. The molecule has 0 radical (unpaired) electrons. The van der Waals surface area contributed by atoms with Crippen LogP contribution in [0.15, 0.2) is 53.6 Å². The number of hydrogen-bond donors (Lipinski definition) is 4. The number of ether oxygens (including phenoxy) is 2. The van der Waals surface area contributed by atoms with Gasteiger partial charge in [0.05, 0.1) is 12.3 Å². The van der Waals surface area contributed by atoms with Gasteiger partial charge in [-0.05, 0) is 24.3 Å². The van der Waals surface area contributed by atoms with Crippen LogP contribution in [0.1, 0.15) is 17.7 Å². The van der Waals surface area contributed by atoms with E-state index in [2.05, 4.69) is 20.9 Å². The van der Waals surface area contributed by atoms with Gasteiger partial charge in [-0.15, -0.1) is 0 Å². The predicted molar refractivity (Wildman–Crippen MR) is 115 cm³/mol. The average molecular weight is 479 g/mol. The van der Waals surface area contributed by atoms with Crippen molar-refractivity contribution >= 4 is 17.5 Å². The van der Waals surface area contributed by atoms with Crippen LogP contribution in [0.2, 0.25) is 0 Å². The number of nitrogens with one attached hydrogen (secondary N) is 4. The van der Waals surface area contributed by atoms with Gasteiger partial charge in [-0.2, -0.15) is 13.2 Å². The van der Waals surface area contributed by atoms with Crippen molar-refractivity contribution in [3.8, 4) is 0 Å². The third-order valence-electron chi connectivity index (χ3n) is 5.33. The molecule has 1 atom stereocenters. The number of amides is 2. The van der Waals surface area contributed by atoms with Crippen LogP contribution in [0.4, 0.5) is 13.2 Å². The summed E-state index contributed by atoms with van der Waals surface area (Å²) < 4.78 is 50.4. The zero-order valence-corrected chi connectivity index (χ0v) is 18.5. The fourth-order valence-electron chi connectivity index (χ4n) is 3.58. The van der Waals surface area contributed by atoms with E-state index in [4.69, 9.17) is 14.9 Å². The number of pyridine rings is 1. The lowest BCUT2D eigenvalue weighted by Gasteiger charge is -2.27. The Bertz CT molecular complexity index is 1070. The summed E-state index contributed by atoms with van der Waals surface area (Å²) in [6.45, 7) is -0.125. The molecule has 182 valence electrons. The van der Waals surface area contributed by atoms with E-state index in [1.54, 1.807) is 0 Å². The largest absolute Gasteiger partial charge is 0.489 e. The number of rotatable bonds is 7. The molecule has 12 heteroatoms. The van der Waals surface area contributed by atoms with Crippen molar-refractivity contribution in [2.45, 2.75) is 24.7 Å². The second kappa shape index (κ2) is 10.1. The van der Waals surface area contributed by atoms with Crippen LogP contribution in [-0.4, -0.2) is 55.4 Å². The minimum atomic E-state index is -4.63. The molecule has 1 unspecified atom stereocenters. The number of carbonyl (C=O) groups is 2. The normalized spacial score (nSPS) is 21.6. The lowest BCUT2D eigenvalue weighted by atomic mass is 9.96. The van der Waals surface area contributed by atoms with E-state index >= 15 is 0 Å². The predicted octanol–water partition coefficient (Wildman–Crippen LogP) is 1.59. The fourth-order valence-corrected chi connectivity index (χ4v) is 3.58. The smallest absolute Gasteiger partial charge is 0.433 e.